The van der Waals surface area contributed by atoms with E-state index in [0.29, 0.717) is 30.2 Å². The van der Waals surface area contributed by atoms with E-state index in [9.17, 15) is 25.3 Å². The number of rotatable bonds is 8. The standard InChI is InChI=1S/C26H22N4O7S/c27-15-26(8-11-36-16-26)24(19-14-22(30(33)34)38-23(19)25(31)32)37-21-3-1-2-20(28-21)17-4-6-18(7-5-17)29-9-12-35-13-10-29/h1-8,11,14,24H,9-10,12-13,16H2,(H,31,32). The van der Waals surface area contributed by atoms with Crippen molar-refractivity contribution in [2.75, 3.05) is 37.8 Å². The quantitative estimate of drug-likeness (QED) is 0.325. The summed E-state index contributed by atoms with van der Waals surface area (Å²) in [6.45, 7) is 2.90. The molecular formula is C26H22N4O7S. The van der Waals surface area contributed by atoms with E-state index in [-0.39, 0.29) is 27.9 Å². The molecule has 2 aliphatic heterocycles. The summed E-state index contributed by atoms with van der Waals surface area (Å²) in [5.74, 6) is -1.23. The molecule has 194 valence electrons. The van der Waals surface area contributed by atoms with Crippen molar-refractivity contribution in [3.63, 3.8) is 0 Å². The summed E-state index contributed by atoms with van der Waals surface area (Å²) >= 11 is 0.510. The average Bonchev–Trinajstić information content (AvgIpc) is 3.61. The lowest BCUT2D eigenvalue weighted by molar-refractivity contribution is -0.380. The second-order valence-electron chi connectivity index (χ2n) is 8.70. The highest BCUT2D eigenvalue weighted by molar-refractivity contribution is 7.17. The molecule has 5 rings (SSSR count). The van der Waals surface area contributed by atoms with Crippen LogP contribution >= 0.6 is 11.3 Å². The van der Waals surface area contributed by atoms with Gasteiger partial charge >= 0.3 is 11.0 Å². The predicted molar refractivity (Wildman–Crippen MR) is 137 cm³/mol. The molecule has 1 N–H and O–H groups in total. The van der Waals surface area contributed by atoms with E-state index < -0.39 is 22.4 Å². The molecule has 11 nitrogen and oxygen atoms in total. The number of benzene rings is 1. The zero-order valence-corrected chi connectivity index (χ0v) is 20.8. The van der Waals surface area contributed by atoms with Gasteiger partial charge in [-0.3, -0.25) is 10.1 Å². The summed E-state index contributed by atoms with van der Waals surface area (Å²) in [5.41, 5.74) is 1.10. The second-order valence-corrected chi connectivity index (χ2v) is 9.73. The van der Waals surface area contributed by atoms with Crippen molar-refractivity contribution in [2.24, 2.45) is 5.41 Å². The molecule has 0 radical (unpaired) electrons. The van der Waals surface area contributed by atoms with Gasteiger partial charge in [0.15, 0.2) is 11.5 Å². The molecule has 12 heteroatoms. The van der Waals surface area contributed by atoms with E-state index >= 15 is 0 Å². The van der Waals surface area contributed by atoms with Gasteiger partial charge in [0.2, 0.25) is 5.88 Å². The van der Waals surface area contributed by atoms with Gasteiger partial charge in [-0.15, -0.1) is 0 Å². The van der Waals surface area contributed by atoms with Crippen molar-refractivity contribution in [1.29, 1.82) is 5.26 Å². The summed E-state index contributed by atoms with van der Waals surface area (Å²) in [4.78, 5) is 29.3. The second kappa shape index (κ2) is 10.5. The zero-order valence-electron chi connectivity index (χ0n) is 20.0. The highest BCUT2D eigenvalue weighted by Crippen LogP contribution is 2.46. The number of aromatic carboxylic acids is 1. The molecule has 2 unspecified atom stereocenters. The van der Waals surface area contributed by atoms with E-state index in [1.807, 2.05) is 30.3 Å². The molecule has 1 aromatic carbocycles. The molecule has 1 saturated heterocycles. The number of ether oxygens (including phenoxy) is 3. The van der Waals surface area contributed by atoms with Crippen LogP contribution < -0.4 is 9.64 Å². The fraction of sp³-hybridized carbons (Fsp3) is 0.269. The van der Waals surface area contributed by atoms with Crippen molar-refractivity contribution < 1.29 is 29.0 Å². The number of anilines is 1. The van der Waals surface area contributed by atoms with Crippen LogP contribution in [-0.2, 0) is 9.47 Å². The Hall–Kier alpha value is -4.47. The van der Waals surface area contributed by atoms with Gasteiger partial charge in [-0.1, -0.05) is 29.5 Å². The Labute approximate surface area is 221 Å². The van der Waals surface area contributed by atoms with Gasteiger partial charge in [0.25, 0.3) is 0 Å². The van der Waals surface area contributed by atoms with Gasteiger partial charge in [-0.05, 0) is 24.3 Å². The minimum Gasteiger partial charge on any atom is -0.499 e. The number of carboxylic acid groups (broad SMARTS) is 1. The first-order valence-corrected chi connectivity index (χ1v) is 12.5. The third kappa shape index (κ3) is 4.89. The zero-order chi connectivity index (χ0) is 26.7. The molecule has 0 spiro atoms. The number of nitrogens with zero attached hydrogens (tertiary/aromatic N) is 4. The highest BCUT2D eigenvalue weighted by atomic mass is 32.1. The highest BCUT2D eigenvalue weighted by Gasteiger charge is 2.46. The Kier molecular flexibility index (Phi) is 6.95. The number of carbonyl (C=O) groups is 1. The van der Waals surface area contributed by atoms with E-state index in [1.165, 1.54) is 12.3 Å². The molecule has 0 bridgehead atoms. The number of nitro groups is 1. The van der Waals surface area contributed by atoms with Gasteiger partial charge in [-0.2, -0.15) is 5.26 Å². The number of aromatic nitrogens is 1. The molecule has 2 aromatic heterocycles. The third-order valence-corrected chi connectivity index (χ3v) is 7.46. The minimum absolute atomic E-state index is 0.00738. The molecule has 2 aliphatic rings. The summed E-state index contributed by atoms with van der Waals surface area (Å²) in [6.07, 6.45) is 1.58. The van der Waals surface area contributed by atoms with Crippen LogP contribution in [0, 0.1) is 26.9 Å². The Morgan fingerprint density at radius 1 is 1.26 bits per heavy atom. The van der Waals surface area contributed by atoms with Crippen molar-refractivity contribution >= 4 is 28.0 Å². The fourth-order valence-electron chi connectivity index (χ4n) is 4.41. The third-order valence-electron chi connectivity index (χ3n) is 6.37. The smallest absolute Gasteiger partial charge is 0.346 e. The first-order valence-electron chi connectivity index (χ1n) is 11.7. The summed E-state index contributed by atoms with van der Waals surface area (Å²) in [6, 6.07) is 16.3. The van der Waals surface area contributed by atoms with E-state index in [4.69, 9.17) is 14.2 Å². The molecular weight excluding hydrogens is 512 g/mol. The van der Waals surface area contributed by atoms with Crippen molar-refractivity contribution in [3.05, 3.63) is 81.4 Å². The number of hydrogen-bond acceptors (Lipinski definition) is 10. The average molecular weight is 535 g/mol. The van der Waals surface area contributed by atoms with Crippen LogP contribution in [0.5, 0.6) is 5.88 Å². The Morgan fingerprint density at radius 3 is 2.66 bits per heavy atom. The largest absolute Gasteiger partial charge is 0.499 e. The topological polar surface area (TPSA) is 148 Å². The molecule has 3 aromatic rings. The van der Waals surface area contributed by atoms with Gasteiger partial charge < -0.3 is 24.2 Å². The number of thiophene rings is 1. The van der Waals surface area contributed by atoms with Crippen LogP contribution in [-0.4, -0.2) is 53.9 Å². The number of carboxylic acids is 1. The van der Waals surface area contributed by atoms with Crippen LogP contribution in [0.4, 0.5) is 10.7 Å². The SMILES string of the molecule is N#CC1(C(Oc2cccc(-c3ccc(N4CCOCC4)cc3)n2)c2cc([N+](=O)[O-])sc2C(=O)O)C=COC1. The van der Waals surface area contributed by atoms with Crippen molar-refractivity contribution in [2.45, 2.75) is 6.10 Å². The molecule has 2 atom stereocenters. The molecule has 0 amide bonds. The lowest BCUT2D eigenvalue weighted by Gasteiger charge is -2.29. The minimum atomic E-state index is -1.42. The first kappa shape index (κ1) is 25.2. The van der Waals surface area contributed by atoms with Gasteiger partial charge in [0, 0.05) is 42.0 Å². The molecule has 0 aliphatic carbocycles. The van der Waals surface area contributed by atoms with Crippen molar-refractivity contribution in [3.8, 4) is 23.2 Å². The lowest BCUT2D eigenvalue weighted by atomic mass is 9.81. The maximum atomic E-state index is 12.0. The van der Waals surface area contributed by atoms with Crippen LogP contribution in [0.15, 0.2) is 60.9 Å². The molecule has 0 saturated carbocycles. The van der Waals surface area contributed by atoms with Gasteiger partial charge in [0.05, 0.1) is 36.2 Å². The summed E-state index contributed by atoms with van der Waals surface area (Å²) in [7, 11) is 0. The predicted octanol–water partition coefficient (Wildman–Crippen LogP) is 4.43. The number of pyridine rings is 1. The van der Waals surface area contributed by atoms with E-state index in [1.54, 1.807) is 12.1 Å². The van der Waals surface area contributed by atoms with Crippen LogP contribution in [0.3, 0.4) is 0 Å². The number of hydrogen-bond donors (Lipinski definition) is 1. The maximum absolute atomic E-state index is 12.0. The van der Waals surface area contributed by atoms with Gasteiger partial charge in [-0.25, -0.2) is 9.78 Å². The van der Waals surface area contributed by atoms with Crippen LogP contribution in [0.2, 0.25) is 0 Å². The summed E-state index contributed by atoms with van der Waals surface area (Å²) in [5, 5.41) is 30.9. The summed E-state index contributed by atoms with van der Waals surface area (Å²) < 4.78 is 16.9. The molecule has 1 fully saturated rings. The van der Waals surface area contributed by atoms with Gasteiger partial charge in [0.1, 0.15) is 11.5 Å². The Morgan fingerprint density at radius 2 is 2.03 bits per heavy atom. The monoisotopic (exact) mass is 534 g/mol. The van der Waals surface area contributed by atoms with E-state index in [2.05, 4.69) is 16.0 Å². The first-order chi connectivity index (χ1) is 18.4. The Bertz CT molecular complexity index is 1430. The Balaban J connectivity index is 1.49. The molecule has 38 heavy (non-hydrogen) atoms. The van der Waals surface area contributed by atoms with Crippen molar-refractivity contribution in [1.82, 2.24) is 4.98 Å². The number of nitriles is 1. The van der Waals surface area contributed by atoms with Crippen LogP contribution in [0.25, 0.3) is 11.3 Å². The fourth-order valence-corrected chi connectivity index (χ4v) is 5.25. The van der Waals surface area contributed by atoms with Crippen LogP contribution in [0.1, 0.15) is 21.3 Å². The molecule has 4 heterocycles. The maximum Gasteiger partial charge on any atom is 0.346 e. The number of morpholine rings is 1. The normalized spacial score (nSPS) is 19.4. The van der Waals surface area contributed by atoms with E-state index in [0.717, 1.165) is 30.4 Å². The lowest BCUT2D eigenvalue weighted by Crippen LogP contribution is -2.36.